The van der Waals surface area contributed by atoms with Crippen molar-refractivity contribution in [3.63, 3.8) is 0 Å². The highest BCUT2D eigenvalue weighted by molar-refractivity contribution is 5.78. The summed E-state index contributed by atoms with van der Waals surface area (Å²) in [6.07, 6.45) is 3.53. The molecule has 2 unspecified atom stereocenters. The van der Waals surface area contributed by atoms with Crippen molar-refractivity contribution in [3.05, 3.63) is 0 Å². The number of hydroxylamine groups is 1. The summed E-state index contributed by atoms with van der Waals surface area (Å²) >= 11 is 0. The van der Waals surface area contributed by atoms with Gasteiger partial charge in [0.15, 0.2) is 0 Å². The molecular weight excluding hydrogens is 178 g/mol. The highest BCUT2D eigenvalue weighted by atomic mass is 16.6. The highest BCUT2D eigenvalue weighted by Crippen LogP contribution is 2.54. The van der Waals surface area contributed by atoms with E-state index in [0.29, 0.717) is 12.5 Å². The first-order valence-electron chi connectivity index (χ1n) is 5.58. The second-order valence-electron chi connectivity index (χ2n) is 5.10. The summed E-state index contributed by atoms with van der Waals surface area (Å²) in [5.74, 6) is 2.50. The molecule has 2 aliphatic carbocycles. The van der Waals surface area contributed by atoms with E-state index in [-0.39, 0.29) is 11.8 Å². The summed E-state index contributed by atoms with van der Waals surface area (Å²) in [6.45, 7) is 4.74. The topological polar surface area (TPSA) is 38.3 Å². The number of amides is 1. The Bertz CT molecular complexity index is 217. The summed E-state index contributed by atoms with van der Waals surface area (Å²) in [5.41, 5.74) is 2.56. The molecule has 3 heteroatoms. The van der Waals surface area contributed by atoms with E-state index >= 15 is 0 Å². The molecule has 80 valence electrons. The molecule has 14 heavy (non-hydrogen) atoms. The molecular formula is C11H19NO2. The fourth-order valence-corrected chi connectivity index (χ4v) is 2.29. The van der Waals surface area contributed by atoms with Gasteiger partial charge in [0.1, 0.15) is 0 Å². The predicted octanol–water partition coefficient (Wildman–Crippen LogP) is 1.74. The van der Waals surface area contributed by atoms with Crippen LogP contribution in [0.4, 0.5) is 0 Å². The quantitative estimate of drug-likeness (QED) is 0.697. The Morgan fingerprint density at radius 3 is 2.57 bits per heavy atom. The Kier molecular flexibility index (Phi) is 2.77. The van der Waals surface area contributed by atoms with Crippen molar-refractivity contribution in [2.24, 2.45) is 23.7 Å². The number of carbonyl (C=O) groups excluding carboxylic acids is 1. The van der Waals surface area contributed by atoms with Crippen LogP contribution in [0, 0.1) is 23.7 Å². The lowest BCUT2D eigenvalue weighted by molar-refractivity contribution is -0.138. The Morgan fingerprint density at radius 1 is 1.36 bits per heavy atom. The van der Waals surface area contributed by atoms with E-state index in [1.165, 1.54) is 6.42 Å². The van der Waals surface area contributed by atoms with E-state index in [9.17, 15) is 4.79 Å². The zero-order valence-electron chi connectivity index (χ0n) is 8.95. The highest BCUT2D eigenvalue weighted by Gasteiger charge is 2.48. The number of fused-ring (bicyclic) bond motifs is 1. The molecule has 2 aliphatic rings. The van der Waals surface area contributed by atoms with Crippen molar-refractivity contribution in [3.8, 4) is 0 Å². The van der Waals surface area contributed by atoms with Gasteiger partial charge in [0.05, 0.1) is 6.61 Å². The van der Waals surface area contributed by atoms with Gasteiger partial charge in [-0.25, -0.2) is 5.48 Å². The standard InChI is InChI=1S/C11H19NO2/c1-7(2)6-14-12-11(13)10-4-8-3-9(8)5-10/h7-10H,3-6H2,1-2H3,(H,12,13). The van der Waals surface area contributed by atoms with Crippen molar-refractivity contribution in [2.75, 3.05) is 6.61 Å². The van der Waals surface area contributed by atoms with Gasteiger partial charge in [0, 0.05) is 5.92 Å². The zero-order valence-corrected chi connectivity index (χ0v) is 8.95. The second kappa shape index (κ2) is 3.89. The lowest BCUT2D eigenvalue weighted by atomic mass is 10.0. The van der Waals surface area contributed by atoms with Gasteiger partial charge in [-0.1, -0.05) is 13.8 Å². The van der Waals surface area contributed by atoms with Gasteiger partial charge >= 0.3 is 0 Å². The van der Waals surface area contributed by atoms with Crippen molar-refractivity contribution in [1.82, 2.24) is 5.48 Å². The van der Waals surface area contributed by atoms with Crippen LogP contribution < -0.4 is 5.48 Å². The van der Waals surface area contributed by atoms with Gasteiger partial charge in [-0.3, -0.25) is 9.63 Å². The normalized spacial score (nSPS) is 34.4. The maximum atomic E-state index is 11.6. The third-order valence-corrected chi connectivity index (χ3v) is 3.20. The van der Waals surface area contributed by atoms with E-state index < -0.39 is 0 Å². The van der Waals surface area contributed by atoms with Gasteiger partial charge in [-0.15, -0.1) is 0 Å². The van der Waals surface area contributed by atoms with E-state index in [1.54, 1.807) is 0 Å². The van der Waals surface area contributed by atoms with Crippen molar-refractivity contribution in [2.45, 2.75) is 33.1 Å². The lowest BCUT2D eigenvalue weighted by Gasteiger charge is -2.12. The minimum Gasteiger partial charge on any atom is -0.273 e. The molecule has 0 bridgehead atoms. The van der Waals surface area contributed by atoms with E-state index in [0.717, 1.165) is 24.7 Å². The van der Waals surface area contributed by atoms with Gasteiger partial charge < -0.3 is 0 Å². The predicted molar refractivity (Wildman–Crippen MR) is 53.3 cm³/mol. The van der Waals surface area contributed by atoms with Crippen LogP contribution in [0.1, 0.15) is 33.1 Å². The van der Waals surface area contributed by atoms with Crippen molar-refractivity contribution >= 4 is 5.91 Å². The smallest absolute Gasteiger partial charge is 0.246 e. The number of hydrogen-bond acceptors (Lipinski definition) is 2. The molecule has 1 N–H and O–H groups in total. The molecule has 0 aromatic carbocycles. The fraction of sp³-hybridized carbons (Fsp3) is 0.909. The summed E-state index contributed by atoms with van der Waals surface area (Å²) in [5, 5.41) is 0. The summed E-state index contributed by atoms with van der Waals surface area (Å²) in [7, 11) is 0. The molecule has 0 aromatic heterocycles. The average Bonchev–Trinajstić information content (AvgIpc) is 2.73. The van der Waals surface area contributed by atoms with Gasteiger partial charge in [-0.05, 0) is 37.0 Å². The van der Waals surface area contributed by atoms with E-state index in [1.807, 2.05) is 0 Å². The molecule has 0 heterocycles. The molecule has 3 nitrogen and oxygen atoms in total. The van der Waals surface area contributed by atoms with Gasteiger partial charge in [0.25, 0.3) is 0 Å². The van der Waals surface area contributed by atoms with Crippen molar-refractivity contribution < 1.29 is 9.63 Å². The SMILES string of the molecule is CC(C)CONC(=O)C1CC2CC2C1. The third-order valence-electron chi connectivity index (χ3n) is 3.20. The molecule has 2 saturated carbocycles. The maximum Gasteiger partial charge on any atom is 0.246 e. The zero-order chi connectivity index (χ0) is 10.1. The van der Waals surface area contributed by atoms with Crippen LogP contribution in [0.5, 0.6) is 0 Å². The van der Waals surface area contributed by atoms with Crippen LogP contribution in [0.15, 0.2) is 0 Å². The number of carbonyl (C=O) groups is 1. The molecule has 2 fully saturated rings. The first kappa shape index (κ1) is 9.97. The molecule has 0 aromatic rings. The molecule has 1 amide bonds. The molecule has 0 aliphatic heterocycles. The summed E-state index contributed by atoms with van der Waals surface area (Å²) < 4.78 is 0. The summed E-state index contributed by atoms with van der Waals surface area (Å²) in [4.78, 5) is 16.7. The Balaban J connectivity index is 1.63. The van der Waals surface area contributed by atoms with E-state index in [2.05, 4.69) is 19.3 Å². The van der Waals surface area contributed by atoms with Crippen LogP contribution >= 0.6 is 0 Å². The Hall–Kier alpha value is -0.570. The lowest BCUT2D eigenvalue weighted by Crippen LogP contribution is -2.31. The Labute approximate surface area is 85.2 Å². The van der Waals surface area contributed by atoms with Crippen LogP contribution in [-0.4, -0.2) is 12.5 Å². The van der Waals surface area contributed by atoms with Crippen LogP contribution in [0.25, 0.3) is 0 Å². The van der Waals surface area contributed by atoms with Crippen LogP contribution in [0.2, 0.25) is 0 Å². The van der Waals surface area contributed by atoms with Crippen LogP contribution in [0.3, 0.4) is 0 Å². The molecule has 2 rings (SSSR count). The molecule has 0 radical (unpaired) electrons. The largest absolute Gasteiger partial charge is 0.273 e. The first-order valence-corrected chi connectivity index (χ1v) is 5.58. The van der Waals surface area contributed by atoms with Gasteiger partial charge in [0.2, 0.25) is 5.91 Å². The van der Waals surface area contributed by atoms with E-state index in [4.69, 9.17) is 4.84 Å². The third kappa shape index (κ3) is 2.27. The van der Waals surface area contributed by atoms with Gasteiger partial charge in [-0.2, -0.15) is 0 Å². The molecule has 2 atom stereocenters. The van der Waals surface area contributed by atoms with Crippen LogP contribution in [-0.2, 0) is 9.63 Å². The number of hydrogen-bond donors (Lipinski definition) is 1. The second-order valence-corrected chi connectivity index (χ2v) is 5.10. The molecule has 0 saturated heterocycles. The molecule has 0 spiro atoms. The number of nitrogens with one attached hydrogen (secondary N) is 1. The monoisotopic (exact) mass is 197 g/mol. The number of rotatable bonds is 4. The average molecular weight is 197 g/mol. The Morgan fingerprint density at radius 2 is 2.00 bits per heavy atom. The minimum absolute atomic E-state index is 0.0952. The first-order chi connectivity index (χ1) is 6.66. The van der Waals surface area contributed by atoms with Crippen molar-refractivity contribution in [1.29, 1.82) is 0 Å². The minimum atomic E-state index is 0.0952. The summed E-state index contributed by atoms with van der Waals surface area (Å²) in [6, 6.07) is 0. The fourth-order valence-electron chi connectivity index (χ4n) is 2.29. The maximum absolute atomic E-state index is 11.6.